The molecule has 0 aliphatic heterocycles. The molecule has 0 fully saturated rings. The molecule has 0 saturated heterocycles. The topological polar surface area (TPSA) is 29.1 Å². The van der Waals surface area contributed by atoms with Crippen molar-refractivity contribution in [3.8, 4) is 11.1 Å². The normalized spacial score (nSPS) is 9.79. The Hall–Kier alpha value is -2.35. The molecule has 0 bridgehead atoms. The van der Waals surface area contributed by atoms with Gasteiger partial charge in [-0.1, -0.05) is 48.0 Å². The summed E-state index contributed by atoms with van der Waals surface area (Å²) in [6.07, 6.45) is 1.59. The first-order valence-electron chi connectivity index (χ1n) is 6.26. The maximum Gasteiger partial charge on any atom is 0.248 e. The molecule has 2 heteroatoms. The summed E-state index contributed by atoms with van der Waals surface area (Å²) in [7, 11) is 0. The van der Waals surface area contributed by atoms with Gasteiger partial charge in [-0.25, -0.2) is 0 Å². The third-order valence-electron chi connectivity index (χ3n) is 2.68. The molecule has 0 atom stereocenters. The van der Waals surface area contributed by atoms with Crippen LogP contribution in [0.5, 0.6) is 0 Å². The van der Waals surface area contributed by atoms with Crippen molar-refractivity contribution in [1.82, 2.24) is 0 Å². The molecule has 1 amide bonds. The minimum atomic E-state index is -0.0903. The molecule has 0 unspecified atom stereocenters. The number of carbonyl (C=O) groups excluding carboxylic acids is 1. The zero-order chi connectivity index (χ0) is 13.7. The lowest BCUT2D eigenvalue weighted by molar-refractivity contribution is -0.111. The number of allylic oxidation sites excluding steroid dienone is 1. The number of hydrogen-bond donors (Lipinski definition) is 1. The van der Waals surface area contributed by atoms with Gasteiger partial charge in [-0.3, -0.25) is 4.79 Å². The summed E-state index contributed by atoms with van der Waals surface area (Å²) in [6.45, 7) is 3.80. The summed E-state index contributed by atoms with van der Waals surface area (Å²) in [4.78, 5) is 11.6. The number of carbonyl (C=O) groups is 1. The Balaban J connectivity index is 2.11. The number of anilines is 1. The third-order valence-corrected chi connectivity index (χ3v) is 2.68. The molecule has 2 aromatic rings. The van der Waals surface area contributed by atoms with Crippen LogP contribution in [0.3, 0.4) is 0 Å². The molecule has 19 heavy (non-hydrogen) atoms. The summed E-state index contributed by atoms with van der Waals surface area (Å²) in [6, 6.07) is 18.0. The number of rotatable bonds is 3. The van der Waals surface area contributed by atoms with Crippen molar-refractivity contribution in [1.29, 1.82) is 0 Å². The first-order valence-corrected chi connectivity index (χ1v) is 6.26. The van der Waals surface area contributed by atoms with Crippen molar-refractivity contribution >= 4 is 11.6 Å². The van der Waals surface area contributed by atoms with Crippen molar-refractivity contribution in [3.63, 3.8) is 0 Å². The summed E-state index contributed by atoms with van der Waals surface area (Å²) < 4.78 is 0. The van der Waals surface area contributed by atoms with E-state index in [-0.39, 0.29) is 5.91 Å². The van der Waals surface area contributed by atoms with Gasteiger partial charge in [-0.05, 0) is 37.1 Å². The molecule has 0 saturated carbocycles. The van der Waals surface area contributed by atoms with Gasteiger partial charge < -0.3 is 5.32 Å². The molecule has 96 valence electrons. The minimum absolute atomic E-state index is 0.0903. The summed E-state index contributed by atoms with van der Waals surface area (Å²) in [5.74, 6) is -0.0903. The Kier molecular flexibility index (Phi) is 4.14. The van der Waals surface area contributed by atoms with Gasteiger partial charge in [0.05, 0.1) is 0 Å². The fraction of sp³-hybridized carbons (Fsp3) is 0.118. The highest BCUT2D eigenvalue weighted by Crippen LogP contribution is 2.20. The largest absolute Gasteiger partial charge is 0.323 e. The smallest absolute Gasteiger partial charge is 0.248 e. The van der Waals surface area contributed by atoms with Crippen LogP contribution in [-0.2, 0) is 4.79 Å². The van der Waals surface area contributed by atoms with Gasteiger partial charge in [0, 0.05) is 11.8 Å². The summed E-state index contributed by atoms with van der Waals surface area (Å²) >= 11 is 0. The van der Waals surface area contributed by atoms with Crippen LogP contribution < -0.4 is 5.32 Å². The van der Waals surface area contributed by atoms with Crippen LogP contribution in [0.25, 0.3) is 11.1 Å². The Morgan fingerprint density at radius 3 is 2.05 bits per heavy atom. The highest BCUT2D eigenvalue weighted by atomic mass is 16.1. The van der Waals surface area contributed by atoms with E-state index >= 15 is 0 Å². The molecule has 0 heterocycles. The fourth-order valence-corrected chi connectivity index (χ4v) is 1.82. The van der Waals surface area contributed by atoms with Crippen LogP contribution in [0.15, 0.2) is 66.2 Å². The van der Waals surface area contributed by atoms with Crippen molar-refractivity contribution in [2.75, 3.05) is 5.32 Å². The highest BCUT2D eigenvalue weighted by Gasteiger charge is 2.00. The van der Waals surface area contributed by atoms with Gasteiger partial charge >= 0.3 is 0 Å². The van der Waals surface area contributed by atoms with Crippen molar-refractivity contribution in [2.24, 2.45) is 0 Å². The first kappa shape index (κ1) is 13.1. The van der Waals surface area contributed by atoms with E-state index < -0.39 is 0 Å². The van der Waals surface area contributed by atoms with E-state index in [0.717, 1.165) is 16.8 Å². The van der Waals surface area contributed by atoms with Gasteiger partial charge in [0.15, 0.2) is 0 Å². The Labute approximate surface area is 113 Å². The molecule has 0 aromatic heterocycles. The van der Waals surface area contributed by atoms with Gasteiger partial charge in [0.1, 0.15) is 0 Å². The van der Waals surface area contributed by atoms with E-state index in [2.05, 4.69) is 17.4 Å². The quantitative estimate of drug-likeness (QED) is 0.811. The number of benzene rings is 2. The Bertz CT molecular complexity index is 578. The second-order valence-electron chi connectivity index (χ2n) is 4.65. The van der Waals surface area contributed by atoms with E-state index in [4.69, 9.17) is 0 Å². The van der Waals surface area contributed by atoms with Crippen LogP contribution in [0, 0.1) is 0 Å². The summed E-state index contributed by atoms with van der Waals surface area (Å²) in [5.41, 5.74) is 4.10. The van der Waals surface area contributed by atoms with Crippen molar-refractivity contribution < 1.29 is 4.79 Å². The molecular weight excluding hydrogens is 234 g/mol. The molecule has 0 radical (unpaired) electrons. The average molecular weight is 251 g/mol. The molecule has 0 aliphatic rings. The zero-order valence-corrected chi connectivity index (χ0v) is 11.2. The predicted octanol–water partition coefficient (Wildman–Crippen LogP) is 4.26. The van der Waals surface area contributed by atoms with Crippen LogP contribution in [0.2, 0.25) is 0 Å². The average Bonchev–Trinajstić information content (AvgIpc) is 2.39. The second-order valence-corrected chi connectivity index (χ2v) is 4.65. The molecule has 2 nitrogen and oxygen atoms in total. The monoisotopic (exact) mass is 251 g/mol. The van der Waals surface area contributed by atoms with Crippen molar-refractivity contribution in [2.45, 2.75) is 13.8 Å². The van der Waals surface area contributed by atoms with Gasteiger partial charge in [0.2, 0.25) is 5.91 Å². The van der Waals surface area contributed by atoms with E-state index in [0.29, 0.717) is 0 Å². The first-order chi connectivity index (χ1) is 9.15. The van der Waals surface area contributed by atoms with Crippen LogP contribution in [0.4, 0.5) is 5.69 Å². The maximum atomic E-state index is 11.6. The highest BCUT2D eigenvalue weighted by molar-refractivity contribution is 5.99. The van der Waals surface area contributed by atoms with Gasteiger partial charge in [0.25, 0.3) is 0 Å². The lowest BCUT2D eigenvalue weighted by atomic mass is 10.1. The van der Waals surface area contributed by atoms with Crippen LogP contribution >= 0.6 is 0 Å². The molecule has 2 aromatic carbocycles. The van der Waals surface area contributed by atoms with E-state index in [1.54, 1.807) is 6.08 Å². The van der Waals surface area contributed by atoms with E-state index in [9.17, 15) is 4.79 Å². The minimum Gasteiger partial charge on any atom is -0.323 e. The fourth-order valence-electron chi connectivity index (χ4n) is 1.82. The van der Waals surface area contributed by atoms with E-state index in [1.165, 1.54) is 5.56 Å². The van der Waals surface area contributed by atoms with E-state index in [1.807, 2.05) is 56.3 Å². The molecule has 0 aliphatic carbocycles. The lowest BCUT2D eigenvalue weighted by Gasteiger charge is -2.05. The van der Waals surface area contributed by atoms with Gasteiger partial charge in [-0.2, -0.15) is 0 Å². The molecule has 1 N–H and O–H groups in total. The predicted molar refractivity (Wildman–Crippen MR) is 79.9 cm³/mol. The zero-order valence-electron chi connectivity index (χ0n) is 11.2. The SMILES string of the molecule is CC(C)=CC(=O)Nc1ccc(-c2ccccc2)cc1. The van der Waals surface area contributed by atoms with Gasteiger partial charge in [-0.15, -0.1) is 0 Å². The second kappa shape index (κ2) is 6.01. The summed E-state index contributed by atoms with van der Waals surface area (Å²) in [5, 5.41) is 2.84. The number of nitrogens with one attached hydrogen (secondary N) is 1. The third kappa shape index (κ3) is 3.81. The molecular formula is C17H17NO. The van der Waals surface area contributed by atoms with Crippen LogP contribution in [-0.4, -0.2) is 5.91 Å². The lowest BCUT2D eigenvalue weighted by Crippen LogP contribution is -2.08. The van der Waals surface area contributed by atoms with Crippen LogP contribution in [0.1, 0.15) is 13.8 Å². The molecule has 0 spiro atoms. The maximum absolute atomic E-state index is 11.6. The molecule has 2 rings (SSSR count). The standard InChI is InChI=1S/C17H17NO/c1-13(2)12-17(19)18-16-10-8-15(9-11-16)14-6-4-3-5-7-14/h3-12H,1-2H3,(H,18,19). The number of hydrogen-bond acceptors (Lipinski definition) is 1. The Morgan fingerprint density at radius 1 is 0.895 bits per heavy atom. The Morgan fingerprint density at radius 2 is 1.47 bits per heavy atom. The van der Waals surface area contributed by atoms with Crippen molar-refractivity contribution in [3.05, 3.63) is 66.2 Å². The number of amides is 1.